The van der Waals surface area contributed by atoms with Gasteiger partial charge in [0.2, 0.25) is 0 Å². The standard InChI is InChI=1S/C16H11NO2/c1-2-13-3-5-14(6-4-13)7-8-15-9-11-16(12-10-15)17(18)19/h1,3-12H/b8-7+. The maximum atomic E-state index is 10.5. The second-order valence-electron chi connectivity index (χ2n) is 3.95. The van der Waals surface area contributed by atoms with Crippen LogP contribution in [0.3, 0.4) is 0 Å². The lowest BCUT2D eigenvalue weighted by Crippen LogP contribution is -1.86. The Kier molecular flexibility index (Phi) is 3.75. The summed E-state index contributed by atoms with van der Waals surface area (Å²) >= 11 is 0. The Morgan fingerprint density at radius 2 is 1.42 bits per heavy atom. The predicted molar refractivity (Wildman–Crippen MR) is 76.4 cm³/mol. The molecule has 0 aliphatic rings. The summed E-state index contributed by atoms with van der Waals surface area (Å²) in [4.78, 5) is 10.1. The summed E-state index contributed by atoms with van der Waals surface area (Å²) in [5.74, 6) is 2.56. The van der Waals surface area contributed by atoms with Gasteiger partial charge in [-0.3, -0.25) is 10.1 Å². The summed E-state index contributed by atoms with van der Waals surface area (Å²) in [6.45, 7) is 0. The highest BCUT2D eigenvalue weighted by Crippen LogP contribution is 2.14. The van der Waals surface area contributed by atoms with E-state index in [1.54, 1.807) is 12.1 Å². The van der Waals surface area contributed by atoms with Crippen LogP contribution in [0.5, 0.6) is 0 Å². The molecular formula is C16H11NO2. The lowest BCUT2D eigenvalue weighted by Gasteiger charge is -1.96. The molecular weight excluding hydrogens is 238 g/mol. The van der Waals surface area contributed by atoms with Gasteiger partial charge in [0.15, 0.2) is 0 Å². The van der Waals surface area contributed by atoms with Gasteiger partial charge in [0.05, 0.1) is 4.92 Å². The Morgan fingerprint density at radius 3 is 1.84 bits per heavy atom. The molecule has 0 amide bonds. The fraction of sp³-hybridized carbons (Fsp3) is 0. The highest BCUT2D eigenvalue weighted by molar-refractivity contribution is 5.70. The first-order valence-electron chi connectivity index (χ1n) is 5.68. The molecule has 92 valence electrons. The van der Waals surface area contributed by atoms with Gasteiger partial charge < -0.3 is 0 Å². The number of nitro benzene ring substituents is 1. The van der Waals surface area contributed by atoms with E-state index in [2.05, 4.69) is 5.92 Å². The lowest BCUT2D eigenvalue weighted by molar-refractivity contribution is -0.384. The van der Waals surface area contributed by atoms with E-state index >= 15 is 0 Å². The summed E-state index contributed by atoms with van der Waals surface area (Å²) in [7, 11) is 0. The quantitative estimate of drug-likeness (QED) is 0.360. The molecule has 0 atom stereocenters. The van der Waals surface area contributed by atoms with Gasteiger partial charge in [-0.05, 0) is 35.4 Å². The number of hydrogen-bond acceptors (Lipinski definition) is 2. The van der Waals surface area contributed by atoms with Crippen molar-refractivity contribution >= 4 is 17.8 Å². The zero-order valence-electron chi connectivity index (χ0n) is 10.1. The minimum atomic E-state index is -0.411. The lowest BCUT2D eigenvalue weighted by atomic mass is 10.1. The van der Waals surface area contributed by atoms with Crippen LogP contribution in [0.1, 0.15) is 16.7 Å². The van der Waals surface area contributed by atoms with Crippen molar-refractivity contribution in [2.75, 3.05) is 0 Å². The molecule has 0 aliphatic heterocycles. The zero-order chi connectivity index (χ0) is 13.7. The van der Waals surface area contributed by atoms with Gasteiger partial charge in [-0.15, -0.1) is 6.42 Å². The van der Waals surface area contributed by atoms with E-state index in [1.807, 2.05) is 36.4 Å². The number of nitro groups is 1. The number of benzene rings is 2. The number of hydrogen-bond donors (Lipinski definition) is 0. The first-order valence-corrected chi connectivity index (χ1v) is 5.68. The van der Waals surface area contributed by atoms with E-state index in [4.69, 9.17) is 6.42 Å². The molecule has 0 fully saturated rings. The van der Waals surface area contributed by atoms with Crippen LogP contribution in [0.4, 0.5) is 5.69 Å². The molecule has 0 unspecified atom stereocenters. The first-order chi connectivity index (χ1) is 9.19. The first kappa shape index (κ1) is 12.6. The van der Waals surface area contributed by atoms with E-state index in [1.165, 1.54) is 12.1 Å². The second-order valence-corrected chi connectivity index (χ2v) is 3.95. The Balaban J connectivity index is 2.13. The third-order valence-corrected chi connectivity index (χ3v) is 2.65. The molecule has 0 saturated carbocycles. The van der Waals surface area contributed by atoms with Crippen molar-refractivity contribution in [2.45, 2.75) is 0 Å². The largest absolute Gasteiger partial charge is 0.269 e. The zero-order valence-corrected chi connectivity index (χ0v) is 10.1. The molecule has 0 radical (unpaired) electrons. The molecule has 0 heterocycles. The van der Waals surface area contributed by atoms with Crippen LogP contribution in [0.2, 0.25) is 0 Å². The Morgan fingerprint density at radius 1 is 0.947 bits per heavy atom. The molecule has 0 bridgehead atoms. The average molecular weight is 249 g/mol. The predicted octanol–water partition coefficient (Wildman–Crippen LogP) is 3.75. The van der Waals surface area contributed by atoms with Crippen molar-refractivity contribution in [1.29, 1.82) is 0 Å². The number of non-ortho nitro benzene ring substituents is 1. The summed E-state index contributed by atoms with van der Waals surface area (Å²) in [6, 6.07) is 14.0. The van der Waals surface area contributed by atoms with Crippen LogP contribution in [0.25, 0.3) is 12.2 Å². The molecule has 3 heteroatoms. The average Bonchev–Trinajstić information content (AvgIpc) is 2.46. The highest BCUT2D eigenvalue weighted by atomic mass is 16.6. The van der Waals surface area contributed by atoms with Crippen LogP contribution in [0.15, 0.2) is 48.5 Å². The summed E-state index contributed by atoms with van der Waals surface area (Å²) < 4.78 is 0. The van der Waals surface area contributed by atoms with Gasteiger partial charge in [0.25, 0.3) is 5.69 Å². The van der Waals surface area contributed by atoms with E-state index in [0.29, 0.717) is 0 Å². The third kappa shape index (κ3) is 3.30. The van der Waals surface area contributed by atoms with Crippen LogP contribution >= 0.6 is 0 Å². The maximum Gasteiger partial charge on any atom is 0.269 e. The SMILES string of the molecule is C#Cc1ccc(/C=C/c2ccc([N+](=O)[O-])cc2)cc1. The van der Waals surface area contributed by atoms with Crippen molar-refractivity contribution in [1.82, 2.24) is 0 Å². The molecule has 3 nitrogen and oxygen atoms in total. The topological polar surface area (TPSA) is 43.1 Å². The normalized spacial score (nSPS) is 10.3. The van der Waals surface area contributed by atoms with Gasteiger partial charge in [0.1, 0.15) is 0 Å². The fourth-order valence-electron chi connectivity index (χ4n) is 1.59. The van der Waals surface area contributed by atoms with E-state index in [9.17, 15) is 10.1 Å². The molecule has 0 aliphatic carbocycles. The van der Waals surface area contributed by atoms with Gasteiger partial charge in [-0.25, -0.2) is 0 Å². The number of rotatable bonds is 3. The molecule has 2 aromatic rings. The van der Waals surface area contributed by atoms with Crippen molar-refractivity contribution in [3.05, 3.63) is 75.3 Å². The minimum absolute atomic E-state index is 0.0931. The van der Waals surface area contributed by atoms with Crippen molar-refractivity contribution in [3.63, 3.8) is 0 Å². The van der Waals surface area contributed by atoms with E-state index < -0.39 is 4.92 Å². The van der Waals surface area contributed by atoms with E-state index in [-0.39, 0.29) is 5.69 Å². The Hall–Kier alpha value is -2.86. The van der Waals surface area contributed by atoms with Crippen molar-refractivity contribution in [2.24, 2.45) is 0 Å². The summed E-state index contributed by atoms with van der Waals surface area (Å²) in [6.07, 6.45) is 9.11. The van der Waals surface area contributed by atoms with Crippen molar-refractivity contribution < 1.29 is 4.92 Å². The Bertz CT molecular complexity index is 647. The van der Waals surface area contributed by atoms with Crippen LogP contribution in [-0.2, 0) is 0 Å². The fourth-order valence-corrected chi connectivity index (χ4v) is 1.59. The number of terminal acetylenes is 1. The van der Waals surface area contributed by atoms with Crippen LogP contribution in [0, 0.1) is 22.5 Å². The van der Waals surface area contributed by atoms with E-state index in [0.717, 1.165) is 16.7 Å². The van der Waals surface area contributed by atoms with Crippen LogP contribution in [-0.4, -0.2) is 4.92 Å². The molecule has 19 heavy (non-hydrogen) atoms. The van der Waals surface area contributed by atoms with Gasteiger partial charge >= 0.3 is 0 Å². The smallest absolute Gasteiger partial charge is 0.258 e. The molecule has 0 saturated heterocycles. The molecule has 0 aromatic heterocycles. The van der Waals surface area contributed by atoms with Gasteiger partial charge in [-0.2, -0.15) is 0 Å². The Labute approximate surface area is 111 Å². The minimum Gasteiger partial charge on any atom is -0.258 e. The van der Waals surface area contributed by atoms with Gasteiger partial charge in [0, 0.05) is 17.7 Å². The van der Waals surface area contributed by atoms with Crippen molar-refractivity contribution in [3.8, 4) is 12.3 Å². The van der Waals surface area contributed by atoms with Gasteiger partial charge in [-0.1, -0.05) is 30.2 Å². The summed E-state index contributed by atoms with van der Waals surface area (Å²) in [5, 5.41) is 10.5. The van der Waals surface area contributed by atoms with Crippen LogP contribution < -0.4 is 0 Å². The molecule has 2 aromatic carbocycles. The number of nitrogens with zero attached hydrogens (tertiary/aromatic N) is 1. The molecule has 0 spiro atoms. The molecule has 2 rings (SSSR count). The maximum absolute atomic E-state index is 10.5. The summed E-state index contributed by atoms with van der Waals surface area (Å²) in [5.41, 5.74) is 2.87. The second kappa shape index (κ2) is 5.65. The third-order valence-electron chi connectivity index (χ3n) is 2.65. The monoisotopic (exact) mass is 249 g/mol. The highest BCUT2D eigenvalue weighted by Gasteiger charge is 2.01. The molecule has 0 N–H and O–H groups in total.